The maximum absolute atomic E-state index is 4.85. The standard InChI is InChI=1S/C2H7N.Ca.2H2O/c1-2-3;;;/h2-3H2,1H3;;2*1H2/q;+2;;/p-2. The summed E-state index contributed by atoms with van der Waals surface area (Å²) in [4.78, 5) is 0. The second-order valence-electron chi connectivity index (χ2n) is 0.408. The molecule has 0 aliphatic heterocycles. The van der Waals surface area contributed by atoms with Crippen LogP contribution in [0, 0.1) is 0 Å². The Balaban J connectivity index is -0.00000000667. The summed E-state index contributed by atoms with van der Waals surface area (Å²) >= 11 is 0. The first-order valence-corrected chi connectivity index (χ1v) is 1.12. The molecule has 0 aromatic rings. The molecule has 0 fully saturated rings. The van der Waals surface area contributed by atoms with Gasteiger partial charge in [-0.05, 0) is 6.54 Å². The molecule has 0 saturated heterocycles. The number of rotatable bonds is 0. The largest absolute Gasteiger partial charge is 2.00 e. The van der Waals surface area contributed by atoms with Crippen LogP contribution in [0.1, 0.15) is 6.92 Å². The molecule has 0 unspecified atom stereocenters. The normalized spacial score (nSPS) is 3.00. The third-order valence-electron chi connectivity index (χ3n) is 0. The maximum atomic E-state index is 4.85. The van der Waals surface area contributed by atoms with Gasteiger partial charge >= 0.3 is 37.7 Å². The van der Waals surface area contributed by atoms with E-state index >= 15 is 0 Å². The third kappa shape index (κ3) is 67.8. The van der Waals surface area contributed by atoms with Crippen LogP contribution in [0.2, 0.25) is 0 Å². The Bertz CT molecular complexity index is 11.5. The van der Waals surface area contributed by atoms with Gasteiger partial charge in [0.25, 0.3) is 0 Å². The molecule has 0 saturated carbocycles. The summed E-state index contributed by atoms with van der Waals surface area (Å²) in [6, 6.07) is 0. The summed E-state index contributed by atoms with van der Waals surface area (Å²) in [5.41, 5.74) is 4.85. The van der Waals surface area contributed by atoms with E-state index in [2.05, 4.69) is 0 Å². The quantitative estimate of drug-likeness (QED) is 0.425. The van der Waals surface area contributed by atoms with Gasteiger partial charge in [0, 0.05) is 0 Å². The number of hydrogen-bond acceptors (Lipinski definition) is 3. The first-order valence-electron chi connectivity index (χ1n) is 1.12. The molecule has 6 heavy (non-hydrogen) atoms. The molecule has 0 amide bonds. The van der Waals surface area contributed by atoms with Crippen LogP contribution >= 0.6 is 0 Å². The van der Waals surface area contributed by atoms with E-state index in [9.17, 15) is 0 Å². The molecule has 3 nitrogen and oxygen atoms in total. The number of hydrogen-bond donors (Lipinski definition) is 1. The van der Waals surface area contributed by atoms with E-state index in [0.717, 1.165) is 6.54 Å². The molecule has 0 heterocycles. The Kier molecular flexibility index (Phi) is 161. The Morgan fingerprint density at radius 2 is 1.33 bits per heavy atom. The van der Waals surface area contributed by atoms with Gasteiger partial charge in [0.15, 0.2) is 0 Å². The zero-order valence-electron chi connectivity index (χ0n) is 3.89. The van der Waals surface area contributed by atoms with Crippen molar-refractivity contribution in [3.8, 4) is 0 Å². The van der Waals surface area contributed by atoms with Crippen molar-refractivity contribution < 1.29 is 11.0 Å². The van der Waals surface area contributed by atoms with Crippen molar-refractivity contribution in [2.75, 3.05) is 6.54 Å². The van der Waals surface area contributed by atoms with Gasteiger partial charge in [0.1, 0.15) is 0 Å². The van der Waals surface area contributed by atoms with Gasteiger partial charge in [0.05, 0.1) is 0 Å². The fourth-order valence-corrected chi connectivity index (χ4v) is 0. The predicted molar refractivity (Wildman–Crippen MR) is 24.4 cm³/mol. The van der Waals surface area contributed by atoms with Crippen LogP contribution in [0.25, 0.3) is 0 Å². The van der Waals surface area contributed by atoms with Crippen LogP contribution in [-0.2, 0) is 0 Å². The summed E-state index contributed by atoms with van der Waals surface area (Å²) in [6.45, 7) is 2.65. The van der Waals surface area contributed by atoms with Crippen molar-refractivity contribution in [3.05, 3.63) is 0 Å². The van der Waals surface area contributed by atoms with Crippen molar-refractivity contribution in [2.24, 2.45) is 5.73 Å². The second-order valence-corrected chi connectivity index (χ2v) is 0.408. The van der Waals surface area contributed by atoms with Crippen LogP contribution in [0.4, 0.5) is 0 Å². The van der Waals surface area contributed by atoms with E-state index in [1.54, 1.807) is 0 Å². The van der Waals surface area contributed by atoms with E-state index in [-0.39, 0.29) is 48.7 Å². The van der Waals surface area contributed by atoms with Crippen LogP contribution in [0.3, 0.4) is 0 Å². The van der Waals surface area contributed by atoms with Crippen molar-refractivity contribution in [1.29, 1.82) is 0 Å². The van der Waals surface area contributed by atoms with Gasteiger partial charge in [-0.15, -0.1) is 0 Å². The molecular weight excluding hydrogens is 110 g/mol. The van der Waals surface area contributed by atoms with Gasteiger partial charge in [-0.1, -0.05) is 6.92 Å². The Morgan fingerprint density at radius 3 is 1.33 bits per heavy atom. The topological polar surface area (TPSA) is 86.0 Å². The Morgan fingerprint density at radius 1 is 1.33 bits per heavy atom. The minimum Gasteiger partial charge on any atom is -0.870 e. The molecule has 0 aromatic heterocycles. The fourth-order valence-electron chi connectivity index (χ4n) is 0. The Hall–Kier alpha value is 1.14. The maximum Gasteiger partial charge on any atom is 2.00 e. The average Bonchev–Trinajstić information content (AvgIpc) is 0.918. The first-order chi connectivity index (χ1) is 1.41. The van der Waals surface area contributed by atoms with Gasteiger partial charge in [0.2, 0.25) is 0 Å². The zero-order valence-corrected chi connectivity index (χ0v) is 6.09. The third-order valence-corrected chi connectivity index (χ3v) is 0. The molecule has 0 rings (SSSR count). The molecule has 0 aromatic carbocycles. The van der Waals surface area contributed by atoms with E-state index in [4.69, 9.17) is 5.73 Å². The minimum absolute atomic E-state index is 0. The van der Waals surface area contributed by atoms with Crippen LogP contribution < -0.4 is 5.73 Å². The summed E-state index contributed by atoms with van der Waals surface area (Å²) in [7, 11) is 0. The molecule has 36 valence electrons. The zero-order chi connectivity index (χ0) is 2.71. The molecule has 4 heteroatoms. The SMILES string of the molecule is CCN.[Ca+2].[OH-].[OH-]. The second kappa shape index (κ2) is 35.4. The van der Waals surface area contributed by atoms with Gasteiger partial charge in [-0.3, -0.25) is 0 Å². The summed E-state index contributed by atoms with van der Waals surface area (Å²) in [5.74, 6) is 0. The van der Waals surface area contributed by atoms with Gasteiger partial charge in [-0.25, -0.2) is 0 Å². The van der Waals surface area contributed by atoms with E-state index in [0.29, 0.717) is 0 Å². The summed E-state index contributed by atoms with van der Waals surface area (Å²) in [6.07, 6.45) is 0. The summed E-state index contributed by atoms with van der Waals surface area (Å²) < 4.78 is 0. The smallest absolute Gasteiger partial charge is 0.870 e. The molecule has 0 aliphatic carbocycles. The summed E-state index contributed by atoms with van der Waals surface area (Å²) in [5, 5.41) is 0. The van der Waals surface area contributed by atoms with E-state index in [1.165, 1.54) is 0 Å². The van der Waals surface area contributed by atoms with Crippen molar-refractivity contribution in [1.82, 2.24) is 0 Å². The molecule has 0 spiro atoms. The van der Waals surface area contributed by atoms with Gasteiger partial charge < -0.3 is 16.7 Å². The van der Waals surface area contributed by atoms with E-state index in [1.807, 2.05) is 6.92 Å². The number of nitrogens with two attached hydrogens (primary N) is 1. The molecule has 0 aliphatic rings. The molecular formula is C2H9CaNO2. The predicted octanol–water partition coefficient (Wildman–Crippen LogP) is -0.769. The van der Waals surface area contributed by atoms with Crippen molar-refractivity contribution >= 4 is 37.7 Å². The molecule has 4 N–H and O–H groups in total. The Labute approximate surface area is 67.5 Å². The van der Waals surface area contributed by atoms with E-state index < -0.39 is 0 Å². The van der Waals surface area contributed by atoms with Crippen LogP contribution in [0.5, 0.6) is 0 Å². The minimum atomic E-state index is 0. The fraction of sp³-hybridized carbons (Fsp3) is 1.00. The van der Waals surface area contributed by atoms with Crippen LogP contribution in [-0.4, -0.2) is 55.2 Å². The first kappa shape index (κ1) is 27.3. The average molecular weight is 119 g/mol. The van der Waals surface area contributed by atoms with Crippen LogP contribution in [0.15, 0.2) is 0 Å². The molecule has 0 atom stereocenters. The molecule has 0 radical (unpaired) electrons. The van der Waals surface area contributed by atoms with Crippen molar-refractivity contribution in [2.45, 2.75) is 6.92 Å². The monoisotopic (exact) mass is 119 g/mol. The van der Waals surface area contributed by atoms with Gasteiger partial charge in [-0.2, -0.15) is 0 Å². The molecule has 0 bridgehead atoms. The van der Waals surface area contributed by atoms with Crippen molar-refractivity contribution in [3.63, 3.8) is 0 Å².